The number of para-hydroxylation sites is 1. The van der Waals surface area contributed by atoms with Gasteiger partial charge in [0.15, 0.2) is 10.9 Å². The highest BCUT2D eigenvalue weighted by Crippen LogP contribution is 2.45. The summed E-state index contributed by atoms with van der Waals surface area (Å²) < 4.78 is 0. The van der Waals surface area contributed by atoms with Crippen LogP contribution in [0.15, 0.2) is 69.8 Å². The summed E-state index contributed by atoms with van der Waals surface area (Å²) >= 11 is 1.40. The molecule has 2 N–H and O–H groups in total. The molecular weight excluding hydrogens is 452 g/mol. The molecule has 5 rings (SSSR count). The fraction of sp³-hybridized carbons (Fsp3) is 0.240. The Morgan fingerprint density at radius 3 is 2.65 bits per heavy atom. The Kier molecular flexibility index (Phi) is 5.79. The second kappa shape index (κ2) is 8.90. The van der Waals surface area contributed by atoms with Gasteiger partial charge in [-0.1, -0.05) is 59.8 Å². The molecule has 3 aromatic rings. The van der Waals surface area contributed by atoms with Gasteiger partial charge in [0.05, 0.1) is 16.4 Å². The van der Waals surface area contributed by atoms with Gasteiger partial charge < -0.3 is 10.3 Å². The van der Waals surface area contributed by atoms with Crippen LogP contribution in [-0.4, -0.2) is 20.7 Å². The van der Waals surface area contributed by atoms with Crippen LogP contribution < -0.4 is 10.9 Å². The van der Waals surface area contributed by atoms with E-state index in [-0.39, 0.29) is 17.0 Å². The summed E-state index contributed by atoms with van der Waals surface area (Å²) in [6, 6.07) is 14.4. The van der Waals surface area contributed by atoms with Crippen molar-refractivity contribution in [2.45, 2.75) is 43.0 Å². The van der Waals surface area contributed by atoms with E-state index in [1.807, 2.05) is 31.2 Å². The minimum atomic E-state index is -0.840. The molecule has 1 aromatic heterocycles. The summed E-state index contributed by atoms with van der Waals surface area (Å²) in [6.45, 7) is 2.03. The number of allylic oxidation sites excluding steroid dienone is 2. The van der Waals surface area contributed by atoms with Crippen molar-refractivity contribution in [3.63, 3.8) is 0 Å². The number of benzene rings is 2. The third kappa shape index (κ3) is 4.03. The van der Waals surface area contributed by atoms with Crippen LogP contribution in [0, 0.1) is 17.0 Å². The lowest BCUT2D eigenvalue weighted by Crippen LogP contribution is -2.33. The van der Waals surface area contributed by atoms with Gasteiger partial charge in [0, 0.05) is 35.1 Å². The zero-order valence-corrected chi connectivity index (χ0v) is 19.3. The molecule has 0 spiro atoms. The monoisotopic (exact) mass is 474 g/mol. The summed E-state index contributed by atoms with van der Waals surface area (Å²) in [7, 11) is 0. The van der Waals surface area contributed by atoms with Crippen molar-refractivity contribution in [1.29, 1.82) is 0 Å². The number of rotatable bonds is 5. The zero-order chi connectivity index (χ0) is 23.8. The number of aryl methyl sites for hydroxylation is 1. The fourth-order valence-electron chi connectivity index (χ4n) is 4.55. The number of H-pyrrole nitrogens is 1. The highest BCUT2D eigenvalue weighted by Gasteiger charge is 2.40. The van der Waals surface area contributed by atoms with Crippen molar-refractivity contribution in [3.8, 4) is 0 Å². The second-order valence-electron chi connectivity index (χ2n) is 8.45. The van der Waals surface area contributed by atoms with Crippen LogP contribution in [0.25, 0.3) is 0 Å². The third-order valence-corrected chi connectivity index (χ3v) is 7.12. The highest BCUT2D eigenvalue weighted by molar-refractivity contribution is 7.98. The number of carbonyl (C=O) groups is 1. The first-order chi connectivity index (χ1) is 16.4. The van der Waals surface area contributed by atoms with Gasteiger partial charge in [0.2, 0.25) is 0 Å². The molecule has 0 amide bonds. The predicted molar refractivity (Wildman–Crippen MR) is 130 cm³/mol. The van der Waals surface area contributed by atoms with E-state index in [1.165, 1.54) is 23.4 Å². The van der Waals surface area contributed by atoms with Crippen molar-refractivity contribution in [2.75, 3.05) is 5.32 Å². The van der Waals surface area contributed by atoms with E-state index >= 15 is 0 Å². The molecule has 1 aliphatic heterocycles. The number of anilines is 1. The molecule has 1 unspecified atom stereocenters. The molecule has 9 heteroatoms. The molecule has 0 fully saturated rings. The maximum Gasteiger partial charge on any atom is 0.273 e. The second-order valence-corrected chi connectivity index (χ2v) is 9.41. The van der Waals surface area contributed by atoms with Crippen molar-refractivity contribution < 1.29 is 9.72 Å². The summed E-state index contributed by atoms with van der Waals surface area (Å²) in [6.07, 6.45) is 1.66. The minimum Gasteiger partial charge on any atom is -0.343 e. The number of nitrogens with one attached hydrogen (secondary N) is 2. The maximum atomic E-state index is 13.3. The zero-order valence-electron chi connectivity index (χ0n) is 18.5. The number of aromatic nitrogens is 2. The Morgan fingerprint density at radius 1 is 1.12 bits per heavy atom. The molecule has 34 heavy (non-hydrogen) atoms. The third-order valence-electron chi connectivity index (χ3n) is 6.18. The van der Waals surface area contributed by atoms with E-state index in [0.717, 1.165) is 5.56 Å². The highest BCUT2D eigenvalue weighted by atomic mass is 32.2. The van der Waals surface area contributed by atoms with Gasteiger partial charge in [-0.05, 0) is 25.3 Å². The number of nitro groups is 1. The average molecular weight is 475 g/mol. The quantitative estimate of drug-likeness (QED) is 0.235. The fourth-order valence-corrected chi connectivity index (χ4v) is 5.37. The lowest BCUT2D eigenvalue weighted by atomic mass is 9.76. The van der Waals surface area contributed by atoms with Crippen LogP contribution in [0.2, 0.25) is 0 Å². The summed E-state index contributed by atoms with van der Waals surface area (Å²) in [5.74, 6) is 0.0433. The molecule has 2 aromatic carbocycles. The van der Waals surface area contributed by atoms with E-state index in [0.29, 0.717) is 52.8 Å². The van der Waals surface area contributed by atoms with E-state index in [9.17, 15) is 19.7 Å². The van der Waals surface area contributed by atoms with Gasteiger partial charge in [-0.2, -0.15) is 0 Å². The molecule has 2 heterocycles. The standard InChI is InChI=1S/C25H22N4O4S/c1-14-9-11-15(12-10-14)13-34-25-27-23-22(24(31)28-25)20(16-5-2-3-7-18(16)29(32)33)21-17(26-23)6-4-8-19(21)30/h2-3,5,7,9-12,20H,4,6,8,13H2,1H3,(H2,26,27,28,31). The maximum absolute atomic E-state index is 13.3. The van der Waals surface area contributed by atoms with Crippen molar-refractivity contribution in [1.82, 2.24) is 9.97 Å². The summed E-state index contributed by atoms with van der Waals surface area (Å²) in [5, 5.41) is 15.4. The Labute approximate surface area is 199 Å². The molecule has 0 radical (unpaired) electrons. The minimum absolute atomic E-state index is 0.0974. The Bertz CT molecular complexity index is 1390. The number of fused-ring (bicyclic) bond motifs is 1. The van der Waals surface area contributed by atoms with Gasteiger partial charge in [-0.25, -0.2) is 4.98 Å². The number of nitro benzene ring substituents is 1. The van der Waals surface area contributed by atoms with Gasteiger partial charge in [-0.15, -0.1) is 0 Å². The Balaban J connectivity index is 1.60. The van der Waals surface area contributed by atoms with Crippen LogP contribution in [0.1, 0.15) is 47.4 Å². The number of nitrogens with zero attached hydrogens (tertiary/aromatic N) is 2. The van der Waals surface area contributed by atoms with Gasteiger partial charge in [0.1, 0.15) is 5.82 Å². The van der Waals surface area contributed by atoms with Gasteiger partial charge in [0.25, 0.3) is 11.2 Å². The van der Waals surface area contributed by atoms with Crippen molar-refractivity contribution >= 4 is 29.1 Å². The normalized spacial score (nSPS) is 17.1. The summed E-state index contributed by atoms with van der Waals surface area (Å²) in [4.78, 5) is 45.1. The van der Waals surface area contributed by atoms with Crippen LogP contribution >= 0.6 is 11.8 Å². The van der Waals surface area contributed by atoms with E-state index < -0.39 is 16.4 Å². The molecule has 2 aliphatic rings. The first-order valence-corrected chi connectivity index (χ1v) is 12.0. The van der Waals surface area contributed by atoms with Crippen LogP contribution in [0.3, 0.4) is 0 Å². The number of hydrogen-bond donors (Lipinski definition) is 2. The lowest BCUT2D eigenvalue weighted by Gasteiger charge is -2.32. The van der Waals surface area contributed by atoms with Crippen LogP contribution in [-0.2, 0) is 10.5 Å². The number of Topliss-reactive ketones (excluding diaryl/α,β-unsaturated/α-hetero) is 1. The van der Waals surface area contributed by atoms with Crippen molar-refractivity contribution in [2.24, 2.45) is 0 Å². The molecule has 1 atom stereocenters. The topological polar surface area (TPSA) is 118 Å². The first kappa shape index (κ1) is 22.1. The van der Waals surface area contributed by atoms with Gasteiger partial charge >= 0.3 is 0 Å². The number of carbonyl (C=O) groups excluding carboxylic acids is 1. The number of thioether (sulfide) groups is 1. The SMILES string of the molecule is Cc1ccc(CSc2nc3c(c(=O)[nH]2)C(c2ccccc2[N+](=O)[O-])C2=C(CCCC2=O)N3)cc1. The van der Waals surface area contributed by atoms with E-state index in [2.05, 4.69) is 15.3 Å². The number of ketones is 1. The van der Waals surface area contributed by atoms with E-state index in [1.54, 1.807) is 18.2 Å². The average Bonchev–Trinajstić information content (AvgIpc) is 2.82. The van der Waals surface area contributed by atoms with Crippen molar-refractivity contribution in [3.05, 3.63) is 103 Å². The number of aromatic amines is 1. The lowest BCUT2D eigenvalue weighted by molar-refractivity contribution is -0.385. The van der Waals surface area contributed by atoms with E-state index in [4.69, 9.17) is 0 Å². The molecular formula is C25H22N4O4S. The smallest absolute Gasteiger partial charge is 0.273 e. The van der Waals surface area contributed by atoms with Crippen LogP contribution in [0.4, 0.5) is 11.5 Å². The molecule has 0 saturated heterocycles. The Morgan fingerprint density at radius 2 is 1.88 bits per heavy atom. The predicted octanol–water partition coefficient (Wildman–Crippen LogP) is 4.84. The van der Waals surface area contributed by atoms with Crippen LogP contribution in [0.5, 0.6) is 0 Å². The summed E-state index contributed by atoms with van der Waals surface area (Å²) in [5.41, 5.74) is 3.43. The molecule has 8 nitrogen and oxygen atoms in total. The van der Waals surface area contributed by atoms with Gasteiger partial charge in [-0.3, -0.25) is 19.7 Å². The first-order valence-electron chi connectivity index (χ1n) is 11.0. The Hall–Kier alpha value is -3.72. The molecule has 0 bridgehead atoms. The number of hydrogen-bond acceptors (Lipinski definition) is 7. The molecule has 1 aliphatic carbocycles. The molecule has 0 saturated carbocycles. The largest absolute Gasteiger partial charge is 0.343 e. The molecule has 172 valence electrons.